The fourth-order valence-electron chi connectivity index (χ4n) is 4.16. The lowest BCUT2D eigenvalue weighted by Gasteiger charge is -2.42. The number of guanidine groups is 1. The third-order valence-corrected chi connectivity index (χ3v) is 6.04. The molecule has 1 saturated carbocycles. The fourth-order valence-corrected chi connectivity index (χ4v) is 4.16. The Hall–Kier alpha value is -0.810. The molecule has 146 valence electrons. The second-order valence-electron chi connectivity index (χ2n) is 8.20. The van der Waals surface area contributed by atoms with Crippen LogP contribution in [0.25, 0.3) is 0 Å². The van der Waals surface area contributed by atoms with E-state index in [-0.39, 0.29) is 0 Å². The summed E-state index contributed by atoms with van der Waals surface area (Å²) in [6.45, 7) is 9.10. The molecule has 5 heteroatoms. The molecule has 1 heterocycles. The molecule has 2 aliphatic rings. The van der Waals surface area contributed by atoms with Crippen LogP contribution in [0.4, 0.5) is 0 Å². The van der Waals surface area contributed by atoms with Crippen LogP contribution in [-0.2, 0) is 4.74 Å². The van der Waals surface area contributed by atoms with Crippen molar-refractivity contribution in [3.8, 4) is 0 Å². The van der Waals surface area contributed by atoms with E-state index < -0.39 is 0 Å². The van der Waals surface area contributed by atoms with E-state index in [0.29, 0.717) is 5.41 Å². The van der Waals surface area contributed by atoms with E-state index in [4.69, 9.17) is 4.74 Å². The molecule has 0 amide bonds. The minimum absolute atomic E-state index is 0.429. The molecule has 2 N–H and O–H groups in total. The number of nitrogens with zero attached hydrogens (tertiary/aromatic N) is 2. The van der Waals surface area contributed by atoms with Gasteiger partial charge in [0, 0.05) is 40.4 Å². The molecule has 25 heavy (non-hydrogen) atoms. The van der Waals surface area contributed by atoms with Gasteiger partial charge in [0.1, 0.15) is 0 Å². The molecule has 0 bridgehead atoms. The Kier molecular flexibility index (Phi) is 9.04. The average Bonchev–Trinajstić information content (AvgIpc) is 2.58. The summed E-state index contributed by atoms with van der Waals surface area (Å²) in [5, 5.41) is 7.02. The van der Waals surface area contributed by atoms with E-state index in [9.17, 15) is 0 Å². The van der Waals surface area contributed by atoms with Crippen LogP contribution >= 0.6 is 0 Å². The van der Waals surface area contributed by atoms with Crippen LogP contribution in [0.3, 0.4) is 0 Å². The topological polar surface area (TPSA) is 48.9 Å². The third-order valence-electron chi connectivity index (χ3n) is 6.04. The van der Waals surface area contributed by atoms with Gasteiger partial charge in [-0.25, -0.2) is 0 Å². The standard InChI is InChI=1S/C20H40N4O/c1-18-8-6-14-24(16-18)13-5-4-12-22-19(21-2)23-17-20(9-7-10-20)11-15-25-3/h18H,4-17H2,1-3H3,(H2,21,22,23). The van der Waals surface area contributed by atoms with Crippen molar-refractivity contribution in [2.24, 2.45) is 16.3 Å². The van der Waals surface area contributed by atoms with E-state index in [2.05, 4.69) is 27.4 Å². The quantitative estimate of drug-likeness (QED) is 0.361. The van der Waals surface area contributed by atoms with Gasteiger partial charge < -0.3 is 20.3 Å². The molecular weight excluding hydrogens is 312 g/mol. The molecule has 2 rings (SSSR count). The number of ether oxygens (including phenoxy) is 1. The normalized spacial score (nSPS) is 24.0. The van der Waals surface area contributed by atoms with Crippen LogP contribution in [-0.4, -0.2) is 64.3 Å². The van der Waals surface area contributed by atoms with Crippen LogP contribution in [0.1, 0.15) is 58.3 Å². The molecule has 5 nitrogen and oxygen atoms in total. The summed E-state index contributed by atoms with van der Waals surface area (Å²) in [7, 11) is 3.66. The fraction of sp³-hybridized carbons (Fsp3) is 0.950. The summed E-state index contributed by atoms with van der Waals surface area (Å²) in [5.41, 5.74) is 0.429. The molecule has 1 unspecified atom stereocenters. The molecule has 0 aromatic heterocycles. The number of rotatable bonds is 10. The smallest absolute Gasteiger partial charge is 0.190 e. The predicted octanol–water partition coefficient (Wildman–Crippen LogP) is 2.87. The van der Waals surface area contributed by atoms with Gasteiger partial charge in [0.15, 0.2) is 5.96 Å². The van der Waals surface area contributed by atoms with Gasteiger partial charge in [-0.2, -0.15) is 0 Å². The molecule has 0 spiro atoms. The van der Waals surface area contributed by atoms with Crippen molar-refractivity contribution < 1.29 is 4.74 Å². The van der Waals surface area contributed by atoms with Crippen molar-refractivity contribution in [1.29, 1.82) is 0 Å². The Morgan fingerprint density at radius 3 is 2.72 bits per heavy atom. The molecule has 1 aliphatic heterocycles. The van der Waals surface area contributed by atoms with Gasteiger partial charge in [-0.05, 0) is 69.4 Å². The van der Waals surface area contributed by atoms with E-state index >= 15 is 0 Å². The minimum Gasteiger partial charge on any atom is -0.385 e. The lowest BCUT2D eigenvalue weighted by atomic mass is 9.67. The number of hydrogen-bond donors (Lipinski definition) is 2. The van der Waals surface area contributed by atoms with Gasteiger partial charge in [-0.15, -0.1) is 0 Å². The van der Waals surface area contributed by atoms with Crippen LogP contribution < -0.4 is 10.6 Å². The number of likely N-dealkylation sites (tertiary alicyclic amines) is 1. The Bertz CT molecular complexity index is 395. The summed E-state index contributed by atoms with van der Waals surface area (Å²) in [4.78, 5) is 7.02. The molecule has 1 saturated heterocycles. The van der Waals surface area contributed by atoms with Gasteiger partial charge in [-0.1, -0.05) is 13.3 Å². The minimum atomic E-state index is 0.429. The highest BCUT2D eigenvalue weighted by atomic mass is 16.5. The second kappa shape index (κ2) is 11.0. The number of piperidine rings is 1. The number of hydrogen-bond acceptors (Lipinski definition) is 3. The number of methoxy groups -OCH3 is 1. The maximum Gasteiger partial charge on any atom is 0.190 e. The zero-order valence-corrected chi connectivity index (χ0v) is 16.8. The molecule has 0 radical (unpaired) electrons. The van der Waals surface area contributed by atoms with Crippen LogP contribution in [0.5, 0.6) is 0 Å². The zero-order chi connectivity index (χ0) is 18.0. The van der Waals surface area contributed by atoms with Gasteiger partial charge >= 0.3 is 0 Å². The van der Waals surface area contributed by atoms with Gasteiger partial charge in [0.25, 0.3) is 0 Å². The lowest BCUT2D eigenvalue weighted by molar-refractivity contribution is 0.0732. The van der Waals surface area contributed by atoms with E-state index in [1.807, 2.05) is 7.05 Å². The molecule has 0 aromatic carbocycles. The zero-order valence-electron chi connectivity index (χ0n) is 16.8. The highest BCUT2D eigenvalue weighted by Gasteiger charge is 2.36. The molecule has 2 fully saturated rings. The summed E-state index contributed by atoms with van der Waals surface area (Å²) in [6, 6.07) is 0. The molecule has 1 aliphatic carbocycles. The van der Waals surface area contributed by atoms with Gasteiger partial charge in [-0.3, -0.25) is 4.99 Å². The van der Waals surface area contributed by atoms with Crippen molar-refractivity contribution >= 4 is 5.96 Å². The Labute approximate surface area is 155 Å². The first-order valence-corrected chi connectivity index (χ1v) is 10.3. The maximum atomic E-state index is 5.28. The first-order chi connectivity index (χ1) is 12.2. The Morgan fingerprint density at radius 1 is 1.24 bits per heavy atom. The Balaban J connectivity index is 1.56. The van der Waals surface area contributed by atoms with Crippen molar-refractivity contribution in [2.45, 2.75) is 58.3 Å². The van der Waals surface area contributed by atoms with Crippen molar-refractivity contribution in [1.82, 2.24) is 15.5 Å². The van der Waals surface area contributed by atoms with E-state index in [1.165, 1.54) is 64.6 Å². The average molecular weight is 353 g/mol. The first kappa shape index (κ1) is 20.5. The lowest BCUT2D eigenvalue weighted by Crippen LogP contribution is -2.47. The van der Waals surface area contributed by atoms with E-state index in [0.717, 1.165) is 38.0 Å². The molecule has 0 aromatic rings. The Morgan fingerprint density at radius 2 is 2.08 bits per heavy atom. The van der Waals surface area contributed by atoms with Gasteiger partial charge in [0.05, 0.1) is 0 Å². The van der Waals surface area contributed by atoms with Crippen molar-refractivity contribution in [2.75, 3.05) is 53.5 Å². The molecule has 1 atom stereocenters. The summed E-state index contributed by atoms with van der Waals surface area (Å²) >= 11 is 0. The number of nitrogens with one attached hydrogen (secondary N) is 2. The number of unbranched alkanes of at least 4 members (excludes halogenated alkanes) is 1. The summed E-state index contributed by atoms with van der Waals surface area (Å²) in [5.74, 6) is 1.84. The maximum absolute atomic E-state index is 5.28. The SMILES string of the molecule is CN=C(NCCCCN1CCCC(C)C1)NCC1(CCOC)CCC1. The number of aliphatic imine (C=N–C) groups is 1. The van der Waals surface area contributed by atoms with E-state index in [1.54, 1.807) is 7.11 Å². The highest BCUT2D eigenvalue weighted by molar-refractivity contribution is 5.79. The predicted molar refractivity (Wildman–Crippen MR) is 106 cm³/mol. The highest BCUT2D eigenvalue weighted by Crippen LogP contribution is 2.43. The summed E-state index contributed by atoms with van der Waals surface area (Å²) < 4.78 is 5.28. The van der Waals surface area contributed by atoms with Gasteiger partial charge in [0.2, 0.25) is 0 Å². The van der Waals surface area contributed by atoms with Crippen LogP contribution in [0, 0.1) is 11.3 Å². The van der Waals surface area contributed by atoms with Crippen molar-refractivity contribution in [3.05, 3.63) is 0 Å². The second-order valence-corrected chi connectivity index (χ2v) is 8.20. The summed E-state index contributed by atoms with van der Waals surface area (Å²) in [6.07, 6.45) is 10.4. The van der Waals surface area contributed by atoms with Crippen LogP contribution in [0.15, 0.2) is 4.99 Å². The molecular formula is C20H40N4O. The monoisotopic (exact) mass is 352 g/mol. The van der Waals surface area contributed by atoms with Crippen LogP contribution in [0.2, 0.25) is 0 Å². The largest absolute Gasteiger partial charge is 0.385 e. The third kappa shape index (κ3) is 7.14. The van der Waals surface area contributed by atoms with Crippen molar-refractivity contribution in [3.63, 3.8) is 0 Å². The first-order valence-electron chi connectivity index (χ1n) is 10.3.